The number of rotatable bonds is 8. The van der Waals surface area contributed by atoms with Crippen molar-refractivity contribution >= 4 is 15.7 Å². The van der Waals surface area contributed by atoms with Crippen LogP contribution in [-0.2, 0) is 14.8 Å². The lowest BCUT2D eigenvalue weighted by Gasteiger charge is -2.10. The van der Waals surface area contributed by atoms with Crippen molar-refractivity contribution in [3.05, 3.63) is 23.8 Å². The number of nitrogen functional groups attached to an aromatic ring is 1. The third kappa shape index (κ3) is 5.48. The van der Waals surface area contributed by atoms with Crippen molar-refractivity contribution in [2.24, 2.45) is 5.92 Å². The molecular weight excluding hydrogens is 276 g/mol. The first kappa shape index (κ1) is 16.9. The van der Waals surface area contributed by atoms with Crippen LogP contribution in [0.4, 0.5) is 5.69 Å². The van der Waals surface area contributed by atoms with E-state index in [4.69, 9.17) is 10.5 Å². The molecule has 0 spiro atoms. The summed E-state index contributed by atoms with van der Waals surface area (Å²) in [7, 11) is -3.53. The highest BCUT2D eigenvalue weighted by atomic mass is 32.2. The second-order valence-electron chi connectivity index (χ2n) is 5.22. The summed E-state index contributed by atoms with van der Waals surface area (Å²) in [6.07, 6.45) is 0.973. The largest absolute Gasteiger partial charge is 0.399 e. The van der Waals surface area contributed by atoms with Crippen LogP contribution >= 0.6 is 0 Å². The van der Waals surface area contributed by atoms with Gasteiger partial charge in [0, 0.05) is 18.8 Å². The number of hydrogen-bond acceptors (Lipinski definition) is 4. The van der Waals surface area contributed by atoms with Gasteiger partial charge in [-0.3, -0.25) is 0 Å². The van der Waals surface area contributed by atoms with Gasteiger partial charge in [0.15, 0.2) is 0 Å². The Balaban J connectivity index is 2.48. The fourth-order valence-electron chi connectivity index (χ4n) is 1.65. The summed E-state index contributed by atoms with van der Waals surface area (Å²) in [6, 6.07) is 4.85. The SMILES string of the molecule is Cc1ccc(N)cc1S(=O)(=O)NCCOCCC(C)C. The molecule has 1 aromatic carbocycles. The summed E-state index contributed by atoms with van der Waals surface area (Å²) in [5.74, 6) is 0.585. The van der Waals surface area contributed by atoms with Crippen LogP contribution in [0.15, 0.2) is 23.1 Å². The number of ether oxygens (including phenoxy) is 1. The molecule has 6 heteroatoms. The maximum Gasteiger partial charge on any atom is 0.240 e. The van der Waals surface area contributed by atoms with Crippen molar-refractivity contribution < 1.29 is 13.2 Å². The minimum Gasteiger partial charge on any atom is -0.399 e. The normalized spacial score (nSPS) is 12.0. The molecule has 0 aliphatic carbocycles. The smallest absolute Gasteiger partial charge is 0.240 e. The predicted molar refractivity (Wildman–Crippen MR) is 81.1 cm³/mol. The van der Waals surface area contributed by atoms with Gasteiger partial charge in [-0.15, -0.1) is 0 Å². The van der Waals surface area contributed by atoms with Crippen LogP contribution in [0.5, 0.6) is 0 Å². The predicted octanol–water partition coefficient (Wildman–Crippen LogP) is 1.92. The lowest BCUT2D eigenvalue weighted by molar-refractivity contribution is 0.128. The molecule has 0 atom stereocenters. The van der Waals surface area contributed by atoms with E-state index in [1.807, 2.05) is 0 Å². The number of nitrogens with one attached hydrogen (secondary N) is 1. The molecule has 0 bridgehead atoms. The monoisotopic (exact) mass is 300 g/mol. The van der Waals surface area contributed by atoms with Gasteiger partial charge >= 0.3 is 0 Å². The molecule has 0 heterocycles. The Kier molecular flexibility index (Phi) is 6.45. The number of benzene rings is 1. The van der Waals surface area contributed by atoms with E-state index < -0.39 is 10.0 Å². The van der Waals surface area contributed by atoms with Crippen molar-refractivity contribution in [2.45, 2.75) is 32.1 Å². The number of aryl methyl sites for hydroxylation is 1. The highest BCUT2D eigenvalue weighted by Gasteiger charge is 2.16. The van der Waals surface area contributed by atoms with E-state index in [0.29, 0.717) is 30.4 Å². The minimum atomic E-state index is -3.53. The van der Waals surface area contributed by atoms with Gasteiger partial charge in [0.25, 0.3) is 0 Å². The molecule has 0 aromatic heterocycles. The molecule has 5 nitrogen and oxygen atoms in total. The van der Waals surface area contributed by atoms with Crippen molar-refractivity contribution in [3.63, 3.8) is 0 Å². The van der Waals surface area contributed by atoms with E-state index in [1.54, 1.807) is 19.1 Å². The van der Waals surface area contributed by atoms with Crippen LogP contribution in [-0.4, -0.2) is 28.2 Å². The van der Waals surface area contributed by atoms with Crippen molar-refractivity contribution in [2.75, 3.05) is 25.5 Å². The van der Waals surface area contributed by atoms with E-state index >= 15 is 0 Å². The van der Waals surface area contributed by atoms with Gasteiger partial charge in [-0.1, -0.05) is 19.9 Å². The fraction of sp³-hybridized carbons (Fsp3) is 0.571. The number of nitrogens with two attached hydrogens (primary N) is 1. The van der Waals surface area contributed by atoms with Crippen LogP contribution in [0.3, 0.4) is 0 Å². The van der Waals surface area contributed by atoms with E-state index in [-0.39, 0.29) is 11.4 Å². The fourth-order valence-corrected chi connectivity index (χ4v) is 2.94. The van der Waals surface area contributed by atoms with Gasteiger partial charge in [-0.05, 0) is 37.0 Å². The molecule has 114 valence electrons. The number of sulfonamides is 1. The number of hydrogen-bond donors (Lipinski definition) is 2. The van der Waals surface area contributed by atoms with Crippen LogP contribution in [0.25, 0.3) is 0 Å². The first-order valence-electron chi connectivity index (χ1n) is 6.76. The van der Waals surface area contributed by atoms with Crippen molar-refractivity contribution in [1.29, 1.82) is 0 Å². The maximum atomic E-state index is 12.1. The first-order chi connectivity index (χ1) is 9.33. The molecule has 20 heavy (non-hydrogen) atoms. The van der Waals surface area contributed by atoms with Crippen LogP contribution in [0.1, 0.15) is 25.8 Å². The molecule has 0 fully saturated rings. The second-order valence-corrected chi connectivity index (χ2v) is 6.95. The summed E-state index contributed by atoms with van der Waals surface area (Å²) in [5.41, 5.74) is 6.74. The molecule has 0 unspecified atom stereocenters. The zero-order valence-electron chi connectivity index (χ0n) is 12.3. The zero-order chi connectivity index (χ0) is 15.2. The molecule has 1 rings (SSSR count). The highest BCUT2D eigenvalue weighted by molar-refractivity contribution is 7.89. The maximum absolute atomic E-state index is 12.1. The first-order valence-corrected chi connectivity index (χ1v) is 8.25. The Bertz CT molecular complexity index is 527. The molecule has 1 aromatic rings. The molecule has 0 radical (unpaired) electrons. The van der Waals surface area contributed by atoms with Gasteiger partial charge in [0.1, 0.15) is 0 Å². The summed E-state index contributed by atoms with van der Waals surface area (Å²) < 4.78 is 32.1. The van der Waals surface area contributed by atoms with Crippen molar-refractivity contribution in [3.8, 4) is 0 Å². The topological polar surface area (TPSA) is 81.4 Å². The van der Waals surface area contributed by atoms with Crippen LogP contribution in [0, 0.1) is 12.8 Å². The Morgan fingerprint density at radius 2 is 2.00 bits per heavy atom. The minimum absolute atomic E-state index is 0.222. The quantitative estimate of drug-likeness (QED) is 0.567. The van der Waals surface area contributed by atoms with Crippen LogP contribution < -0.4 is 10.5 Å². The molecule has 0 saturated heterocycles. The Morgan fingerprint density at radius 1 is 1.30 bits per heavy atom. The highest BCUT2D eigenvalue weighted by Crippen LogP contribution is 2.17. The van der Waals surface area contributed by atoms with Gasteiger partial charge < -0.3 is 10.5 Å². The molecule has 0 saturated carbocycles. The zero-order valence-corrected chi connectivity index (χ0v) is 13.2. The third-order valence-electron chi connectivity index (χ3n) is 2.88. The molecule has 0 aliphatic rings. The van der Waals surface area contributed by atoms with Gasteiger partial charge in [0.2, 0.25) is 10.0 Å². The Hall–Kier alpha value is -1.11. The van der Waals surface area contributed by atoms with Crippen molar-refractivity contribution in [1.82, 2.24) is 4.72 Å². The Labute approximate surface area is 121 Å². The van der Waals surface area contributed by atoms with E-state index in [2.05, 4.69) is 18.6 Å². The summed E-state index contributed by atoms with van der Waals surface area (Å²) in [6.45, 7) is 7.26. The molecular formula is C14H24N2O3S. The van der Waals surface area contributed by atoms with Gasteiger partial charge in [-0.2, -0.15) is 0 Å². The molecule has 0 amide bonds. The summed E-state index contributed by atoms with van der Waals surface area (Å²) >= 11 is 0. The third-order valence-corrected chi connectivity index (χ3v) is 4.48. The average molecular weight is 300 g/mol. The lowest BCUT2D eigenvalue weighted by Crippen LogP contribution is -2.28. The van der Waals surface area contributed by atoms with Gasteiger partial charge in [-0.25, -0.2) is 13.1 Å². The number of anilines is 1. The summed E-state index contributed by atoms with van der Waals surface area (Å²) in [5, 5.41) is 0. The molecule has 0 aliphatic heterocycles. The van der Waals surface area contributed by atoms with E-state index in [0.717, 1.165) is 6.42 Å². The second kappa shape index (κ2) is 7.61. The van der Waals surface area contributed by atoms with E-state index in [1.165, 1.54) is 6.07 Å². The lowest BCUT2D eigenvalue weighted by atomic mass is 10.1. The van der Waals surface area contributed by atoms with Gasteiger partial charge in [0.05, 0.1) is 11.5 Å². The van der Waals surface area contributed by atoms with Crippen LogP contribution in [0.2, 0.25) is 0 Å². The molecule has 3 N–H and O–H groups in total. The standard InChI is InChI=1S/C14H24N2O3S/c1-11(2)6-8-19-9-7-16-20(17,18)14-10-13(15)5-4-12(14)3/h4-5,10-11,16H,6-9,15H2,1-3H3. The van der Waals surface area contributed by atoms with E-state index in [9.17, 15) is 8.42 Å². The average Bonchev–Trinajstić information content (AvgIpc) is 2.36. The Morgan fingerprint density at radius 3 is 2.65 bits per heavy atom. The summed E-state index contributed by atoms with van der Waals surface area (Å²) in [4.78, 5) is 0.222.